The summed E-state index contributed by atoms with van der Waals surface area (Å²) < 4.78 is 25.8. The zero-order valence-electron chi connectivity index (χ0n) is 18.3. The number of ether oxygens (including phenoxy) is 5. The van der Waals surface area contributed by atoms with E-state index in [2.05, 4.69) is 11.3 Å². The smallest absolute Gasteiger partial charge is 0.310 e. The number of carbonyl (C=O) groups excluding carboxylic acids is 2. The van der Waals surface area contributed by atoms with E-state index >= 15 is 0 Å². The van der Waals surface area contributed by atoms with Crippen molar-refractivity contribution in [1.29, 1.82) is 0 Å². The molecule has 0 aromatic carbocycles. The second-order valence-corrected chi connectivity index (χ2v) is 7.93. The predicted molar refractivity (Wildman–Crippen MR) is 107 cm³/mol. The first-order valence-electron chi connectivity index (χ1n) is 10.7. The van der Waals surface area contributed by atoms with Crippen molar-refractivity contribution in [2.24, 2.45) is 0 Å². The van der Waals surface area contributed by atoms with Gasteiger partial charge in [0.1, 0.15) is 49.3 Å². The molecule has 0 saturated carbocycles. The first-order valence-corrected chi connectivity index (χ1v) is 10.7. The number of carbonyl (C=O) groups is 2. The number of aliphatic hydroxyl groups excluding tert-OH is 7. The molecule has 2 saturated heterocycles. The fourth-order valence-electron chi connectivity index (χ4n) is 3.56. The molecule has 0 spiro atoms. The lowest BCUT2D eigenvalue weighted by Crippen LogP contribution is -2.62. The lowest BCUT2D eigenvalue weighted by atomic mass is 9.99. The van der Waals surface area contributed by atoms with Gasteiger partial charge in [-0.15, -0.1) is 0 Å². The van der Waals surface area contributed by atoms with Gasteiger partial charge in [-0.05, 0) is 12.8 Å². The summed E-state index contributed by atoms with van der Waals surface area (Å²) in [5.74, 6) is -3.61. The van der Waals surface area contributed by atoms with Crippen molar-refractivity contribution < 1.29 is 69.0 Å². The summed E-state index contributed by atoms with van der Waals surface area (Å²) in [6.45, 7) is 0.948. The van der Waals surface area contributed by atoms with Crippen LogP contribution < -0.4 is 0 Å². The molecule has 2 fully saturated rings. The number of unbranched alkanes of at least 4 members (excludes halogenated alkanes) is 1. The Hall–Kier alpha value is -1.72. The molecule has 0 radical (unpaired) electrons. The van der Waals surface area contributed by atoms with Crippen LogP contribution in [-0.4, -0.2) is 122 Å². The van der Waals surface area contributed by atoms with E-state index in [-0.39, 0.29) is 19.3 Å². The van der Waals surface area contributed by atoms with E-state index in [1.165, 1.54) is 0 Å². The molecule has 0 amide bonds. The maximum absolute atomic E-state index is 12.2. The summed E-state index contributed by atoms with van der Waals surface area (Å²) in [7, 11) is 0. The third-order valence-electron chi connectivity index (χ3n) is 5.51. The Balaban J connectivity index is 2.05. The highest BCUT2D eigenvalue weighted by molar-refractivity contribution is 5.71. The van der Waals surface area contributed by atoms with Crippen LogP contribution >= 0.6 is 0 Å². The van der Waals surface area contributed by atoms with Gasteiger partial charge in [0, 0.05) is 12.8 Å². The van der Waals surface area contributed by atoms with Crippen LogP contribution in [0.1, 0.15) is 25.7 Å². The number of hydrogen-bond donors (Lipinski definition) is 7. The van der Waals surface area contributed by atoms with Crippen molar-refractivity contribution >= 4 is 11.9 Å². The molecule has 9 atom stereocenters. The minimum atomic E-state index is -2.33. The van der Waals surface area contributed by atoms with E-state index in [1.807, 2.05) is 0 Å². The van der Waals surface area contributed by atoms with Crippen molar-refractivity contribution in [3.63, 3.8) is 0 Å². The van der Waals surface area contributed by atoms with E-state index in [1.54, 1.807) is 0 Å². The summed E-state index contributed by atoms with van der Waals surface area (Å²) in [5.41, 5.74) is 0. The Morgan fingerprint density at radius 3 is 2.06 bits per heavy atom. The Morgan fingerprint density at radius 1 is 0.882 bits per heavy atom. The number of rotatable bonds is 12. The summed E-state index contributed by atoms with van der Waals surface area (Å²) >= 11 is 0. The third kappa shape index (κ3) is 6.69. The second kappa shape index (κ2) is 12.8. The minimum Gasteiger partial charge on any atom is -0.460 e. The molecular formula is C20H32O14. The quantitative estimate of drug-likeness (QED) is 0.0788. The van der Waals surface area contributed by atoms with E-state index < -0.39 is 86.6 Å². The molecule has 0 aliphatic carbocycles. The van der Waals surface area contributed by atoms with Crippen LogP contribution in [0, 0.1) is 0 Å². The molecule has 0 aromatic rings. The monoisotopic (exact) mass is 496 g/mol. The fourth-order valence-corrected chi connectivity index (χ4v) is 3.56. The molecule has 0 aromatic heterocycles. The molecule has 2 rings (SSSR count). The number of aliphatic hydroxyl groups is 7. The van der Waals surface area contributed by atoms with Crippen molar-refractivity contribution in [3.8, 4) is 0 Å². The molecule has 196 valence electrons. The lowest BCUT2D eigenvalue weighted by molar-refractivity contribution is -0.383. The zero-order chi connectivity index (χ0) is 25.5. The normalized spacial score (nSPS) is 37.9. The van der Waals surface area contributed by atoms with Crippen LogP contribution in [0.2, 0.25) is 0 Å². The van der Waals surface area contributed by atoms with Crippen LogP contribution in [0.25, 0.3) is 0 Å². The van der Waals surface area contributed by atoms with Crippen LogP contribution in [-0.2, 0) is 33.3 Å². The molecule has 14 heteroatoms. The third-order valence-corrected chi connectivity index (χ3v) is 5.51. The van der Waals surface area contributed by atoms with Crippen molar-refractivity contribution in [1.82, 2.24) is 0 Å². The topological polar surface area (TPSA) is 222 Å². The highest BCUT2D eigenvalue weighted by atomic mass is 16.8. The van der Waals surface area contributed by atoms with Gasteiger partial charge in [0.25, 0.3) is 0 Å². The summed E-state index contributed by atoms with van der Waals surface area (Å²) in [6.07, 6.45) is -11.9. The molecule has 0 bridgehead atoms. The summed E-state index contributed by atoms with van der Waals surface area (Å²) in [6, 6.07) is 0. The van der Waals surface area contributed by atoms with Gasteiger partial charge in [-0.25, -0.2) is 0 Å². The second-order valence-electron chi connectivity index (χ2n) is 7.93. The fraction of sp³-hybridized carbons (Fsp3) is 0.800. The molecule has 2 unspecified atom stereocenters. The number of esters is 2. The van der Waals surface area contributed by atoms with Crippen molar-refractivity contribution in [2.75, 3.05) is 19.8 Å². The highest BCUT2D eigenvalue weighted by Gasteiger charge is 2.59. The van der Waals surface area contributed by atoms with Crippen LogP contribution in [0.4, 0.5) is 0 Å². The standard InChI is InChI=1S/C20H32O14/c1-2-30-12(23)5-3-4-6-13(24)31-9-20(18(29)15(26)11(8-22)33-20)34-19-17(28)16(27)14(25)10(7-21)32-19/h2,10-11,14-19,21-22,25-29H,1,3-9H2/t10-,11-,14-,15-,16+,17-,18+,19?,20?/m1/s1. The molecule has 2 heterocycles. The average Bonchev–Trinajstić information content (AvgIpc) is 3.06. The van der Waals surface area contributed by atoms with Gasteiger partial charge < -0.3 is 59.4 Å². The maximum Gasteiger partial charge on any atom is 0.310 e. The largest absolute Gasteiger partial charge is 0.460 e. The first kappa shape index (κ1) is 28.5. The Morgan fingerprint density at radius 2 is 1.50 bits per heavy atom. The predicted octanol–water partition coefficient (Wildman–Crippen LogP) is -3.60. The zero-order valence-corrected chi connectivity index (χ0v) is 18.3. The van der Waals surface area contributed by atoms with Gasteiger partial charge in [-0.1, -0.05) is 6.58 Å². The first-order chi connectivity index (χ1) is 16.1. The molecule has 2 aliphatic rings. The molecular weight excluding hydrogens is 464 g/mol. The van der Waals surface area contributed by atoms with E-state index in [0.29, 0.717) is 6.42 Å². The Kier molecular flexibility index (Phi) is 10.8. The van der Waals surface area contributed by atoms with Gasteiger partial charge in [0.05, 0.1) is 19.5 Å². The average molecular weight is 496 g/mol. The van der Waals surface area contributed by atoms with E-state index in [9.17, 15) is 45.3 Å². The SMILES string of the molecule is C=COC(=O)CCCCC(=O)OCC1(OC2O[C@H](CO)[C@@H](O)[C@H](O)[C@H]2O)O[C@H](CO)[C@@H](O)[C@@H]1O. The Labute approximate surface area is 194 Å². The van der Waals surface area contributed by atoms with Gasteiger partial charge in [0.2, 0.25) is 5.79 Å². The van der Waals surface area contributed by atoms with Gasteiger partial charge in [-0.2, -0.15) is 0 Å². The van der Waals surface area contributed by atoms with Gasteiger partial charge in [-0.3, -0.25) is 9.59 Å². The van der Waals surface area contributed by atoms with Crippen LogP contribution in [0.5, 0.6) is 0 Å². The van der Waals surface area contributed by atoms with Gasteiger partial charge >= 0.3 is 11.9 Å². The van der Waals surface area contributed by atoms with Gasteiger partial charge in [0.15, 0.2) is 6.29 Å². The summed E-state index contributed by atoms with van der Waals surface area (Å²) in [5, 5.41) is 69.6. The lowest BCUT2D eigenvalue weighted by Gasteiger charge is -2.43. The van der Waals surface area contributed by atoms with Crippen LogP contribution in [0.15, 0.2) is 12.8 Å². The molecule has 14 nitrogen and oxygen atoms in total. The Bertz CT molecular complexity index is 686. The number of hydrogen-bond acceptors (Lipinski definition) is 14. The van der Waals surface area contributed by atoms with Crippen molar-refractivity contribution in [3.05, 3.63) is 12.8 Å². The maximum atomic E-state index is 12.2. The molecule has 7 N–H and O–H groups in total. The summed E-state index contributed by atoms with van der Waals surface area (Å²) in [4.78, 5) is 23.4. The van der Waals surface area contributed by atoms with Crippen molar-refractivity contribution in [2.45, 2.75) is 80.5 Å². The molecule has 2 aliphatic heterocycles. The van der Waals surface area contributed by atoms with E-state index in [0.717, 1.165) is 6.26 Å². The van der Waals surface area contributed by atoms with E-state index in [4.69, 9.17) is 18.9 Å². The highest BCUT2D eigenvalue weighted by Crippen LogP contribution is 2.36. The molecule has 34 heavy (non-hydrogen) atoms. The minimum absolute atomic E-state index is 0.0512. The van der Waals surface area contributed by atoms with Crippen LogP contribution in [0.3, 0.4) is 0 Å².